The molecule has 0 bridgehead atoms. The van der Waals surface area contributed by atoms with Gasteiger partial charge in [-0.2, -0.15) is 26.3 Å². The minimum Gasteiger partial charge on any atom is -0.334 e. The molecule has 0 unspecified atom stereocenters. The highest BCUT2D eigenvalue weighted by atomic mass is 35.5. The van der Waals surface area contributed by atoms with E-state index in [1.165, 1.54) is 18.2 Å². The summed E-state index contributed by atoms with van der Waals surface area (Å²) in [6.45, 7) is -0.531. The number of ketones is 1. The molecule has 1 amide bonds. The molecule has 162 valence electrons. The molecule has 2 aromatic rings. The number of amides is 1. The Morgan fingerprint density at radius 1 is 0.867 bits per heavy atom. The number of likely N-dealkylation sites (N-methyl/N-ethyl adjacent to an activating group) is 1. The van der Waals surface area contributed by atoms with Crippen molar-refractivity contribution in [3.8, 4) is 0 Å². The van der Waals surface area contributed by atoms with Gasteiger partial charge in [-0.25, -0.2) is 0 Å². The number of nitrogens with zero attached hydrogens (tertiary/aromatic N) is 1. The van der Waals surface area contributed by atoms with Crippen LogP contribution in [0.2, 0.25) is 10.0 Å². The van der Waals surface area contributed by atoms with Crippen molar-refractivity contribution in [3.63, 3.8) is 0 Å². The zero-order valence-corrected chi connectivity index (χ0v) is 16.7. The van der Waals surface area contributed by atoms with Gasteiger partial charge in [-0.1, -0.05) is 29.3 Å². The third-order valence-electron chi connectivity index (χ3n) is 3.98. The van der Waals surface area contributed by atoms with E-state index in [1.54, 1.807) is 0 Å². The average Bonchev–Trinajstić information content (AvgIpc) is 2.62. The number of rotatable bonds is 5. The number of carbonyl (C=O) groups excluding carboxylic acids is 2. The van der Waals surface area contributed by atoms with Crippen LogP contribution in [0.4, 0.5) is 26.3 Å². The summed E-state index contributed by atoms with van der Waals surface area (Å²) in [5, 5.41) is 0.472. The van der Waals surface area contributed by atoms with E-state index in [-0.39, 0.29) is 22.5 Å². The molecule has 0 aromatic heterocycles. The second-order valence-electron chi connectivity index (χ2n) is 6.42. The van der Waals surface area contributed by atoms with Gasteiger partial charge in [0.1, 0.15) is 0 Å². The Labute approximate surface area is 177 Å². The fourth-order valence-electron chi connectivity index (χ4n) is 2.57. The van der Waals surface area contributed by atoms with E-state index >= 15 is 0 Å². The third-order valence-corrected chi connectivity index (χ3v) is 4.72. The summed E-state index contributed by atoms with van der Waals surface area (Å²) in [5.41, 5.74) is -3.58. The van der Waals surface area contributed by atoms with E-state index in [1.807, 2.05) is 0 Å². The molecule has 0 radical (unpaired) electrons. The molecule has 0 N–H and O–H groups in total. The van der Waals surface area contributed by atoms with Crippen molar-refractivity contribution in [3.05, 3.63) is 68.7 Å². The Bertz CT molecular complexity index is 940. The molecule has 0 atom stereocenters. The van der Waals surface area contributed by atoms with Crippen molar-refractivity contribution in [2.75, 3.05) is 13.6 Å². The van der Waals surface area contributed by atoms with Gasteiger partial charge in [0.05, 0.1) is 27.7 Å². The maximum atomic E-state index is 12.9. The first-order chi connectivity index (χ1) is 13.7. The molecule has 0 aliphatic heterocycles. The Morgan fingerprint density at radius 2 is 1.40 bits per heavy atom. The maximum absolute atomic E-state index is 12.9. The van der Waals surface area contributed by atoms with Crippen molar-refractivity contribution < 1.29 is 35.9 Å². The summed E-state index contributed by atoms with van der Waals surface area (Å²) < 4.78 is 77.7. The van der Waals surface area contributed by atoms with Gasteiger partial charge >= 0.3 is 12.4 Å². The number of carbonyl (C=O) groups is 2. The van der Waals surface area contributed by atoms with Crippen LogP contribution < -0.4 is 0 Å². The zero-order valence-electron chi connectivity index (χ0n) is 15.2. The summed E-state index contributed by atoms with van der Waals surface area (Å²) in [7, 11) is 1.10. The van der Waals surface area contributed by atoms with Gasteiger partial charge in [0.25, 0.3) is 5.91 Å². The standard InChI is InChI=1S/C19H13Cl2F6NO2/c1-28(9-14(29)4-10-2-3-15(20)16(21)5-10)17(30)11-6-12(18(22,23)24)8-13(7-11)19(25,26)27/h2-3,5-8H,4,9H2,1H3. The minimum atomic E-state index is -5.08. The predicted molar refractivity (Wildman–Crippen MR) is 98.6 cm³/mol. The molecule has 0 saturated carbocycles. The third kappa shape index (κ3) is 6.12. The molecule has 0 aliphatic carbocycles. The van der Waals surface area contributed by atoms with Gasteiger partial charge in [-0.05, 0) is 35.9 Å². The van der Waals surface area contributed by atoms with Crippen molar-refractivity contribution in [2.24, 2.45) is 0 Å². The van der Waals surface area contributed by atoms with E-state index < -0.39 is 47.3 Å². The topological polar surface area (TPSA) is 37.4 Å². The van der Waals surface area contributed by atoms with Crippen LogP contribution in [0.25, 0.3) is 0 Å². The summed E-state index contributed by atoms with van der Waals surface area (Å²) in [4.78, 5) is 25.3. The number of alkyl halides is 6. The van der Waals surface area contributed by atoms with Crippen molar-refractivity contribution in [2.45, 2.75) is 18.8 Å². The van der Waals surface area contributed by atoms with Crippen LogP contribution in [-0.2, 0) is 23.6 Å². The van der Waals surface area contributed by atoms with Gasteiger partial charge in [0, 0.05) is 19.0 Å². The first kappa shape index (κ1) is 24.0. The molecule has 30 heavy (non-hydrogen) atoms. The first-order valence-corrected chi connectivity index (χ1v) is 8.94. The lowest BCUT2D eigenvalue weighted by molar-refractivity contribution is -0.143. The monoisotopic (exact) mass is 471 g/mol. The van der Waals surface area contributed by atoms with Crippen molar-refractivity contribution in [1.29, 1.82) is 0 Å². The Kier molecular flexibility index (Phi) is 7.08. The van der Waals surface area contributed by atoms with Crippen molar-refractivity contribution >= 4 is 34.9 Å². The predicted octanol–water partition coefficient (Wildman–Crippen LogP) is 5.91. The molecular weight excluding hydrogens is 459 g/mol. The number of hydrogen-bond donors (Lipinski definition) is 0. The number of benzene rings is 2. The molecule has 11 heteroatoms. The molecule has 3 nitrogen and oxygen atoms in total. The van der Waals surface area contributed by atoms with Crippen LogP contribution in [-0.4, -0.2) is 30.2 Å². The van der Waals surface area contributed by atoms with E-state index in [0.717, 1.165) is 11.9 Å². The second-order valence-corrected chi connectivity index (χ2v) is 7.23. The number of halogens is 8. The first-order valence-electron chi connectivity index (χ1n) is 8.19. The van der Waals surface area contributed by atoms with E-state index in [2.05, 4.69) is 0 Å². The van der Waals surface area contributed by atoms with Gasteiger partial charge in [0.15, 0.2) is 5.78 Å². The lowest BCUT2D eigenvalue weighted by Gasteiger charge is -2.19. The second kappa shape index (κ2) is 8.85. The van der Waals surface area contributed by atoms with Crippen LogP contribution in [0.5, 0.6) is 0 Å². The lowest BCUT2D eigenvalue weighted by Crippen LogP contribution is -2.33. The summed E-state index contributed by atoms with van der Waals surface area (Å²) >= 11 is 11.6. The molecule has 2 rings (SSSR count). The van der Waals surface area contributed by atoms with Crippen LogP contribution >= 0.6 is 23.2 Å². The highest BCUT2D eigenvalue weighted by molar-refractivity contribution is 6.42. The zero-order chi connectivity index (χ0) is 22.9. The average molecular weight is 472 g/mol. The minimum absolute atomic E-state index is 0.0772. The fraction of sp³-hybridized carbons (Fsp3) is 0.263. The summed E-state index contributed by atoms with van der Waals surface area (Å²) in [6, 6.07) is 4.98. The maximum Gasteiger partial charge on any atom is 0.416 e. The van der Waals surface area contributed by atoms with Gasteiger partial charge < -0.3 is 4.90 Å². The highest BCUT2D eigenvalue weighted by Gasteiger charge is 2.37. The van der Waals surface area contributed by atoms with E-state index in [9.17, 15) is 35.9 Å². The largest absolute Gasteiger partial charge is 0.416 e. The molecular formula is C19H13Cl2F6NO2. The van der Waals surface area contributed by atoms with Crippen LogP contribution in [0.3, 0.4) is 0 Å². The van der Waals surface area contributed by atoms with Crippen LogP contribution in [0.1, 0.15) is 27.0 Å². The molecule has 0 aliphatic rings. The Hall–Kier alpha value is -2.26. The van der Waals surface area contributed by atoms with Gasteiger partial charge in [0.2, 0.25) is 0 Å². The highest BCUT2D eigenvalue weighted by Crippen LogP contribution is 2.36. The number of hydrogen-bond acceptors (Lipinski definition) is 2. The van der Waals surface area contributed by atoms with Crippen LogP contribution in [0, 0.1) is 0 Å². The van der Waals surface area contributed by atoms with Gasteiger partial charge in [-0.15, -0.1) is 0 Å². The fourth-order valence-corrected chi connectivity index (χ4v) is 2.89. The SMILES string of the molecule is CN(CC(=O)Cc1ccc(Cl)c(Cl)c1)C(=O)c1cc(C(F)(F)F)cc(C(F)(F)F)c1. The molecule has 0 heterocycles. The molecule has 0 saturated heterocycles. The Morgan fingerprint density at radius 3 is 1.87 bits per heavy atom. The Balaban J connectivity index is 2.22. The lowest BCUT2D eigenvalue weighted by atomic mass is 10.0. The molecule has 0 fully saturated rings. The van der Waals surface area contributed by atoms with Gasteiger partial charge in [-0.3, -0.25) is 9.59 Å². The molecule has 2 aromatic carbocycles. The number of Topliss-reactive ketones (excluding diaryl/α,β-unsaturated/α-hetero) is 1. The normalized spacial score (nSPS) is 12.0. The van der Waals surface area contributed by atoms with E-state index in [0.29, 0.717) is 17.7 Å². The summed E-state index contributed by atoms with van der Waals surface area (Å²) in [5.74, 6) is -1.67. The molecule has 0 spiro atoms. The summed E-state index contributed by atoms with van der Waals surface area (Å²) in [6.07, 6.45) is -10.3. The van der Waals surface area contributed by atoms with Crippen molar-refractivity contribution in [1.82, 2.24) is 4.90 Å². The van der Waals surface area contributed by atoms with E-state index in [4.69, 9.17) is 23.2 Å². The quantitative estimate of drug-likeness (QED) is 0.508. The smallest absolute Gasteiger partial charge is 0.334 e. The van der Waals surface area contributed by atoms with Crippen LogP contribution in [0.15, 0.2) is 36.4 Å².